The van der Waals surface area contributed by atoms with Gasteiger partial charge < -0.3 is 4.90 Å². The van der Waals surface area contributed by atoms with Crippen molar-refractivity contribution in [1.82, 2.24) is 14.9 Å². The van der Waals surface area contributed by atoms with Crippen LogP contribution < -0.4 is 0 Å². The second-order valence-electron chi connectivity index (χ2n) is 6.43. The van der Waals surface area contributed by atoms with Gasteiger partial charge in [0.15, 0.2) is 9.84 Å². The highest BCUT2D eigenvalue weighted by atomic mass is 32.2. The highest BCUT2D eigenvalue weighted by Gasteiger charge is 2.30. The van der Waals surface area contributed by atoms with Crippen molar-refractivity contribution in [2.45, 2.75) is 17.7 Å². The van der Waals surface area contributed by atoms with E-state index in [1.807, 2.05) is 14.1 Å². The minimum absolute atomic E-state index is 0.108. The number of carbonyl (C=O) groups is 2. The van der Waals surface area contributed by atoms with Gasteiger partial charge in [-0.3, -0.25) is 19.6 Å². The Kier molecular flexibility index (Phi) is 7.24. The molecule has 1 aromatic carbocycles. The molecule has 0 bridgehead atoms. The molecule has 2 amide bonds. The van der Waals surface area contributed by atoms with Gasteiger partial charge in [-0.25, -0.2) is 8.42 Å². The predicted molar refractivity (Wildman–Crippen MR) is 110 cm³/mol. The normalized spacial score (nSPS) is 14.3. The third kappa shape index (κ3) is 5.91. The number of amides is 2. The Hall–Kier alpha value is -1.65. The molecule has 1 saturated heterocycles. The minimum Gasteiger partial charge on any atom is -0.364 e. The van der Waals surface area contributed by atoms with Crippen molar-refractivity contribution in [3.8, 4) is 0 Å². The van der Waals surface area contributed by atoms with Gasteiger partial charge in [-0.1, -0.05) is 36.1 Å². The smallest absolute Gasteiger partial charge is 0.251 e. The van der Waals surface area contributed by atoms with Crippen LogP contribution in [-0.4, -0.2) is 78.7 Å². The quantitative estimate of drug-likeness (QED) is 0.651. The summed E-state index contributed by atoms with van der Waals surface area (Å²) in [5.74, 6) is -0.153. The van der Waals surface area contributed by atoms with Crippen LogP contribution in [0, 0.1) is 0 Å². The Balaban J connectivity index is 1.98. The summed E-state index contributed by atoms with van der Waals surface area (Å²) in [5.41, 5.74) is 0.704. The van der Waals surface area contributed by atoms with E-state index in [9.17, 15) is 18.0 Å². The second-order valence-corrected chi connectivity index (χ2v) is 10.1. The van der Waals surface area contributed by atoms with Crippen LogP contribution in [0.1, 0.15) is 12.0 Å². The van der Waals surface area contributed by atoms with Crippen molar-refractivity contribution in [2.75, 3.05) is 39.2 Å². The number of hydrogen-bond acceptors (Lipinski definition) is 6. The highest BCUT2D eigenvalue weighted by molar-refractivity contribution is 8.23. The van der Waals surface area contributed by atoms with Crippen molar-refractivity contribution >= 4 is 50.0 Å². The van der Waals surface area contributed by atoms with E-state index < -0.39 is 9.84 Å². The standard InChI is InChI=1S/C17H23N3O4S3/c1-18(2)17(25)26-12-16(22)20-10-4-9-19(20)15(21)11-13-5-7-14(8-6-13)27(3,23)24/h5-8H,4,9-12H2,1-3H3. The van der Waals surface area contributed by atoms with E-state index in [4.69, 9.17) is 12.2 Å². The Morgan fingerprint density at radius 1 is 1.11 bits per heavy atom. The van der Waals surface area contributed by atoms with Crippen LogP contribution in [0.15, 0.2) is 29.2 Å². The molecule has 148 valence electrons. The molecule has 7 nitrogen and oxygen atoms in total. The number of benzene rings is 1. The summed E-state index contributed by atoms with van der Waals surface area (Å²) in [6.07, 6.45) is 1.98. The van der Waals surface area contributed by atoms with Gasteiger partial charge in [-0.15, -0.1) is 0 Å². The zero-order valence-electron chi connectivity index (χ0n) is 15.5. The first-order valence-corrected chi connectivity index (χ1v) is 11.6. The zero-order valence-corrected chi connectivity index (χ0v) is 18.0. The summed E-state index contributed by atoms with van der Waals surface area (Å²) in [5, 5.41) is 2.96. The Labute approximate surface area is 169 Å². The van der Waals surface area contributed by atoms with Gasteiger partial charge in [-0.2, -0.15) is 0 Å². The Morgan fingerprint density at radius 3 is 2.19 bits per heavy atom. The van der Waals surface area contributed by atoms with Gasteiger partial charge >= 0.3 is 0 Å². The third-order valence-electron chi connectivity index (χ3n) is 4.00. The maximum atomic E-state index is 12.6. The second kappa shape index (κ2) is 9.03. The molecule has 0 aliphatic carbocycles. The number of rotatable bonds is 5. The van der Waals surface area contributed by atoms with Gasteiger partial charge in [0.1, 0.15) is 4.32 Å². The van der Waals surface area contributed by atoms with E-state index in [-0.39, 0.29) is 28.9 Å². The molecule has 1 fully saturated rings. The van der Waals surface area contributed by atoms with Crippen molar-refractivity contribution in [3.05, 3.63) is 29.8 Å². The molecule has 0 N–H and O–H groups in total. The molecule has 1 aromatic rings. The summed E-state index contributed by atoms with van der Waals surface area (Å²) >= 11 is 6.44. The van der Waals surface area contributed by atoms with Crippen LogP contribution in [-0.2, 0) is 25.8 Å². The topological polar surface area (TPSA) is 78.0 Å². The summed E-state index contributed by atoms with van der Waals surface area (Å²) in [6.45, 7) is 1.00. The summed E-state index contributed by atoms with van der Waals surface area (Å²) in [4.78, 5) is 27.1. The fraction of sp³-hybridized carbons (Fsp3) is 0.471. The molecule has 0 saturated carbocycles. The van der Waals surface area contributed by atoms with Gasteiger partial charge in [0, 0.05) is 33.4 Å². The molecule has 0 unspecified atom stereocenters. The number of thioether (sulfide) groups is 1. The summed E-state index contributed by atoms with van der Waals surface area (Å²) < 4.78 is 23.6. The molecular weight excluding hydrogens is 406 g/mol. The van der Waals surface area contributed by atoms with E-state index in [1.165, 1.54) is 33.9 Å². The lowest BCUT2D eigenvalue weighted by molar-refractivity contribution is -0.155. The van der Waals surface area contributed by atoms with Crippen molar-refractivity contribution in [3.63, 3.8) is 0 Å². The van der Waals surface area contributed by atoms with Crippen LogP contribution in [0.25, 0.3) is 0 Å². The van der Waals surface area contributed by atoms with Crippen LogP contribution in [0.4, 0.5) is 0 Å². The molecule has 0 aromatic heterocycles. The average molecular weight is 430 g/mol. The van der Waals surface area contributed by atoms with Crippen molar-refractivity contribution < 1.29 is 18.0 Å². The summed E-state index contributed by atoms with van der Waals surface area (Å²) in [6, 6.07) is 6.23. The fourth-order valence-corrected chi connectivity index (χ4v) is 4.04. The maximum Gasteiger partial charge on any atom is 0.251 e. The Bertz CT molecular complexity index is 822. The molecule has 1 aliphatic rings. The Morgan fingerprint density at radius 2 is 1.67 bits per heavy atom. The number of hydrazine groups is 1. The van der Waals surface area contributed by atoms with Crippen molar-refractivity contribution in [1.29, 1.82) is 0 Å². The monoisotopic (exact) mass is 429 g/mol. The molecule has 27 heavy (non-hydrogen) atoms. The molecule has 10 heteroatoms. The first-order valence-electron chi connectivity index (χ1n) is 8.33. The van der Waals surface area contributed by atoms with E-state index in [2.05, 4.69) is 0 Å². The minimum atomic E-state index is -3.27. The third-order valence-corrected chi connectivity index (χ3v) is 6.85. The molecule has 1 heterocycles. The lowest BCUT2D eigenvalue weighted by Crippen LogP contribution is -2.46. The van der Waals surface area contributed by atoms with Crippen molar-refractivity contribution in [2.24, 2.45) is 0 Å². The zero-order chi connectivity index (χ0) is 20.2. The first kappa shape index (κ1) is 21.6. The molecule has 2 rings (SSSR count). The summed E-state index contributed by atoms with van der Waals surface area (Å²) in [7, 11) is 0.372. The average Bonchev–Trinajstić information content (AvgIpc) is 3.08. The van der Waals surface area contributed by atoms with Gasteiger partial charge in [0.25, 0.3) is 5.91 Å². The van der Waals surface area contributed by atoms with Crippen LogP contribution in [0.5, 0.6) is 0 Å². The number of hydrogen-bond donors (Lipinski definition) is 0. The number of thiocarbonyl (C=S) groups is 1. The van der Waals surface area contributed by atoms with E-state index >= 15 is 0 Å². The number of carbonyl (C=O) groups excluding carboxylic acids is 2. The van der Waals surface area contributed by atoms with E-state index in [0.717, 1.165) is 12.7 Å². The van der Waals surface area contributed by atoms with Gasteiger partial charge in [-0.05, 0) is 24.1 Å². The molecule has 1 aliphatic heterocycles. The molecule has 0 radical (unpaired) electrons. The highest BCUT2D eigenvalue weighted by Crippen LogP contribution is 2.17. The fourth-order valence-electron chi connectivity index (χ4n) is 2.58. The lowest BCUT2D eigenvalue weighted by atomic mass is 10.1. The SMILES string of the molecule is CN(C)C(=S)SCC(=O)N1CCCN1C(=O)Cc1ccc(S(C)(=O)=O)cc1. The largest absolute Gasteiger partial charge is 0.364 e. The van der Waals surface area contributed by atoms with E-state index in [1.54, 1.807) is 17.0 Å². The molecular formula is C17H23N3O4S3. The van der Waals surface area contributed by atoms with Crippen LogP contribution in [0.2, 0.25) is 0 Å². The first-order chi connectivity index (χ1) is 12.6. The number of nitrogens with zero attached hydrogens (tertiary/aromatic N) is 3. The lowest BCUT2D eigenvalue weighted by Gasteiger charge is -2.28. The number of sulfone groups is 1. The molecule has 0 spiro atoms. The van der Waals surface area contributed by atoms with Gasteiger partial charge in [0.2, 0.25) is 5.91 Å². The maximum absolute atomic E-state index is 12.6. The van der Waals surface area contributed by atoms with Crippen LogP contribution >= 0.6 is 24.0 Å². The predicted octanol–water partition coefficient (Wildman–Crippen LogP) is 1.19. The van der Waals surface area contributed by atoms with Crippen LogP contribution in [0.3, 0.4) is 0 Å². The van der Waals surface area contributed by atoms with E-state index in [0.29, 0.717) is 23.0 Å². The van der Waals surface area contributed by atoms with Gasteiger partial charge in [0.05, 0.1) is 17.1 Å². The molecule has 0 atom stereocenters.